The third-order valence-corrected chi connectivity index (χ3v) is 4.82. The zero-order chi connectivity index (χ0) is 20.6. The Balaban J connectivity index is 1.65. The van der Waals surface area contributed by atoms with Gasteiger partial charge in [0.2, 0.25) is 0 Å². The van der Waals surface area contributed by atoms with E-state index in [1.54, 1.807) is 12.3 Å². The molecule has 3 rings (SSSR count). The predicted molar refractivity (Wildman–Crippen MR) is 111 cm³/mol. The number of likely N-dealkylation sites (tertiary alicyclic amines) is 1. The van der Waals surface area contributed by atoms with Crippen LogP contribution in [-0.4, -0.2) is 53.8 Å². The Morgan fingerprint density at radius 1 is 1.34 bits per heavy atom. The molecule has 1 unspecified atom stereocenters. The molecule has 7 nitrogen and oxygen atoms in total. The molecule has 1 aliphatic heterocycles. The first-order valence-electron chi connectivity index (χ1n) is 9.66. The van der Waals surface area contributed by atoms with E-state index >= 15 is 0 Å². The van der Waals surface area contributed by atoms with E-state index in [9.17, 15) is 9.90 Å². The molecule has 1 aromatic heterocycles. The fraction of sp³-hybridized carbons (Fsp3) is 0.364. The summed E-state index contributed by atoms with van der Waals surface area (Å²) in [7, 11) is 1.50. The van der Waals surface area contributed by atoms with Crippen molar-refractivity contribution in [3.05, 3.63) is 66.0 Å². The number of rotatable bonds is 9. The number of hydrogen-bond donors (Lipinski definition) is 2. The number of ether oxygens (including phenoxy) is 2. The van der Waals surface area contributed by atoms with E-state index in [1.165, 1.54) is 7.11 Å². The Labute approximate surface area is 171 Å². The van der Waals surface area contributed by atoms with Crippen LogP contribution in [0.25, 0.3) is 0 Å². The van der Waals surface area contributed by atoms with Crippen LogP contribution < -0.4 is 10.1 Å². The number of hydrogen-bond acceptors (Lipinski definition) is 7. The zero-order valence-corrected chi connectivity index (χ0v) is 16.6. The zero-order valence-electron chi connectivity index (χ0n) is 16.6. The van der Waals surface area contributed by atoms with Gasteiger partial charge in [-0.15, -0.1) is 0 Å². The molecular weight excluding hydrogens is 370 g/mol. The molecule has 0 aliphatic carbocycles. The molecule has 154 valence electrons. The van der Waals surface area contributed by atoms with E-state index in [1.807, 2.05) is 30.3 Å². The Morgan fingerprint density at radius 3 is 2.83 bits per heavy atom. The number of methoxy groups -OCH3 is 1. The predicted octanol–water partition coefficient (Wildman–Crippen LogP) is 2.83. The van der Waals surface area contributed by atoms with Crippen LogP contribution in [0.2, 0.25) is 0 Å². The summed E-state index contributed by atoms with van der Waals surface area (Å²) in [4.78, 5) is 19.2. The summed E-state index contributed by atoms with van der Waals surface area (Å²) in [6.07, 6.45) is 2.79. The lowest BCUT2D eigenvalue weighted by atomic mass is 10.2. The van der Waals surface area contributed by atoms with Gasteiger partial charge in [0.25, 0.3) is 0 Å². The Hall–Kier alpha value is -2.90. The van der Waals surface area contributed by atoms with Crippen molar-refractivity contribution in [2.75, 3.05) is 32.1 Å². The SMILES string of the molecule is C=C(CCN1CCC(O)C1)Nc1nccc(OC)c1C(=O)OCc1ccccc1. The Morgan fingerprint density at radius 2 is 2.14 bits per heavy atom. The molecule has 2 heterocycles. The van der Waals surface area contributed by atoms with Gasteiger partial charge >= 0.3 is 5.97 Å². The third-order valence-electron chi connectivity index (χ3n) is 4.82. The first-order chi connectivity index (χ1) is 14.1. The summed E-state index contributed by atoms with van der Waals surface area (Å²) >= 11 is 0. The highest BCUT2D eigenvalue weighted by atomic mass is 16.5. The largest absolute Gasteiger partial charge is 0.496 e. The molecule has 0 bridgehead atoms. The van der Waals surface area contributed by atoms with Gasteiger partial charge in [-0.25, -0.2) is 9.78 Å². The molecule has 0 saturated carbocycles. The van der Waals surface area contributed by atoms with Gasteiger partial charge in [-0.05, 0) is 24.5 Å². The summed E-state index contributed by atoms with van der Waals surface area (Å²) < 4.78 is 10.8. The molecule has 1 aromatic carbocycles. The van der Waals surface area contributed by atoms with Crippen LogP contribution in [0.4, 0.5) is 5.82 Å². The maximum atomic E-state index is 12.8. The van der Waals surface area contributed by atoms with Crippen LogP contribution in [0.1, 0.15) is 28.8 Å². The number of carbonyl (C=O) groups is 1. The van der Waals surface area contributed by atoms with E-state index in [0.717, 1.165) is 30.8 Å². The first-order valence-corrected chi connectivity index (χ1v) is 9.66. The summed E-state index contributed by atoms with van der Waals surface area (Å²) in [6, 6.07) is 11.1. The van der Waals surface area contributed by atoms with Gasteiger partial charge in [0.15, 0.2) is 0 Å². The van der Waals surface area contributed by atoms with Gasteiger partial charge in [-0.1, -0.05) is 36.9 Å². The molecule has 7 heteroatoms. The lowest BCUT2D eigenvalue weighted by molar-refractivity contribution is 0.0470. The van der Waals surface area contributed by atoms with Crippen LogP contribution in [0, 0.1) is 0 Å². The topological polar surface area (TPSA) is 83.9 Å². The first kappa shape index (κ1) is 20.8. The van der Waals surface area contributed by atoms with Gasteiger partial charge in [0, 0.05) is 31.5 Å². The molecule has 0 spiro atoms. The van der Waals surface area contributed by atoms with Gasteiger partial charge in [0.1, 0.15) is 23.7 Å². The highest BCUT2D eigenvalue weighted by molar-refractivity contribution is 5.97. The number of nitrogens with zero attached hydrogens (tertiary/aromatic N) is 2. The number of carbonyl (C=O) groups excluding carboxylic acids is 1. The Kier molecular flexibility index (Phi) is 7.21. The molecule has 29 heavy (non-hydrogen) atoms. The van der Waals surface area contributed by atoms with E-state index in [4.69, 9.17) is 9.47 Å². The highest BCUT2D eigenvalue weighted by Gasteiger charge is 2.22. The van der Waals surface area contributed by atoms with Crippen molar-refractivity contribution in [1.29, 1.82) is 0 Å². The van der Waals surface area contributed by atoms with Crippen molar-refractivity contribution < 1.29 is 19.4 Å². The van der Waals surface area contributed by atoms with Crippen molar-refractivity contribution in [3.63, 3.8) is 0 Å². The number of aliphatic hydroxyl groups excluding tert-OH is 1. The lowest BCUT2D eigenvalue weighted by Crippen LogP contribution is -2.24. The number of aliphatic hydroxyl groups is 1. The van der Waals surface area contributed by atoms with Crippen molar-refractivity contribution in [3.8, 4) is 5.75 Å². The minimum atomic E-state index is -0.517. The quantitative estimate of drug-likeness (QED) is 0.630. The van der Waals surface area contributed by atoms with E-state index in [0.29, 0.717) is 24.5 Å². The number of β-amino-alcohol motifs (C(OH)–C–C–N with tert-alkyl or cyclic N) is 1. The van der Waals surface area contributed by atoms with E-state index < -0.39 is 5.97 Å². The van der Waals surface area contributed by atoms with Gasteiger partial charge < -0.3 is 24.8 Å². The monoisotopic (exact) mass is 397 g/mol. The molecule has 0 amide bonds. The van der Waals surface area contributed by atoms with Gasteiger partial charge in [0.05, 0.1) is 13.2 Å². The molecule has 1 fully saturated rings. The number of nitrogens with one attached hydrogen (secondary N) is 1. The molecule has 1 atom stereocenters. The molecule has 2 N–H and O–H groups in total. The van der Waals surface area contributed by atoms with Crippen LogP contribution in [0.5, 0.6) is 5.75 Å². The maximum Gasteiger partial charge on any atom is 0.346 e. The Bertz CT molecular complexity index is 841. The standard InChI is InChI=1S/C22H27N3O4/c1-16(9-12-25-13-10-18(26)14-25)24-21-20(19(28-2)8-11-23-21)22(27)29-15-17-6-4-3-5-7-17/h3-8,11,18,26H,1,9-10,12-15H2,2H3,(H,23,24). The van der Waals surface area contributed by atoms with Crippen molar-refractivity contribution in [2.24, 2.45) is 0 Å². The summed E-state index contributed by atoms with van der Waals surface area (Å²) in [5.74, 6) is 0.224. The third kappa shape index (κ3) is 5.79. The number of aromatic nitrogens is 1. The van der Waals surface area contributed by atoms with Crippen molar-refractivity contribution in [1.82, 2.24) is 9.88 Å². The average Bonchev–Trinajstić information content (AvgIpc) is 3.16. The second-order valence-corrected chi connectivity index (χ2v) is 7.02. The molecular formula is C22H27N3O4. The summed E-state index contributed by atoms with van der Waals surface area (Å²) in [5, 5.41) is 12.8. The van der Waals surface area contributed by atoms with E-state index in [2.05, 4.69) is 21.8 Å². The molecule has 0 radical (unpaired) electrons. The van der Waals surface area contributed by atoms with Crippen LogP contribution in [-0.2, 0) is 11.3 Å². The van der Waals surface area contributed by atoms with Crippen LogP contribution in [0.3, 0.4) is 0 Å². The number of benzene rings is 1. The average molecular weight is 397 g/mol. The van der Waals surface area contributed by atoms with Gasteiger partial charge in [-0.3, -0.25) is 0 Å². The normalized spacial score (nSPS) is 16.4. The van der Waals surface area contributed by atoms with Crippen LogP contribution in [0.15, 0.2) is 54.9 Å². The van der Waals surface area contributed by atoms with E-state index in [-0.39, 0.29) is 18.3 Å². The number of pyridine rings is 1. The lowest BCUT2D eigenvalue weighted by Gasteiger charge is -2.18. The molecule has 2 aromatic rings. The number of esters is 1. The summed E-state index contributed by atoms with van der Waals surface area (Å²) in [5.41, 5.74) is 1.86. The minimum Gasteiger partial charge on any atom is -0.496 e. The highest BCUT2D eigenvalue weighted by Crippen LogP contribution is 2.27. The van der Waals surface area contributed by atoms with Crippen molar-refractivity contribution >= 4 is 11.8 Å². The number of anilines is 1. The second-order valence-electron chi connectivity index (χ2n) is 7.02. The second kappa shape index (κ2) is 10.0. The molecule has 1 aliphatic rings. The van der Waals surface area contributed by atoms with Gasteiger partial charge in [-0.2, -0.15) is 0 Å². The fourth-order valence-corrected chi connectivity index (χ4v) is 3.24. The summed E-state index contributed by atoms with van der Waals surface area (Å²) in [6.45, 7) is 6.55. The fourth-order valence-electron chi connectivity index (χ4n) is 3.24. The molecule has 1 saturated heterocycles. The van der Waals surface area contributed by atoms with Crippen molar-refractivity contribution in [2.45, 2.75) is 25.6 Å². The van der Waals surface area contributed by atoms with Crippen LogP contribution >= 0.6 is 0 Å². The smallest absolute Gasteiger partial charge is 0.346 e. The maximum absolute atomic E-state index is 12.8. The minimum absolute atomic E-state index is 0.162.